The minimum absolute atomic E-state index is 0.0389. The van der Waals surface area contributed by atoms with E-state index >= 15 is 0 Å². The number of unbranched alkanes of at least 4 members (excludes halogenated alkanes) is 5. The molecule has 1 aromatic carbocycles. The van der Waals surface area contributed by atoms with Gasteiger partial charge in [0.2, 0.25) is 0 Å². The van der Waals surface area contributed by atoms with Crippen LogP contribution in [0.25, 0.3) is 0 Å². The number of ether oxygens (including phenoxy) is 1. The third kappa shape index (κ3) is 7.81. The Hall–Kier alpha value is -1.56. The van der Waals surface area contributed by atoms with Gasteiger partial charge in [0.25, 0.3) is 0 Å². The van der Waals surface area contributed by atoms with Gasteiger partial charge in [-0.15, -0.1) is 0 Å². The minimum atomic E-state index is -4.38. The van der Waals surface area contributed by atoms with Crippen LogP contribution in [0.3, 0.4) is 0 Å². The van der Waals surface area contributed by atoms with Gasteiger partial charge in [-0.2, -0.15) is 13.2 Å². The summed E-state index contributed by atoms with van der Waals surface area (Å²) in [6.07, 6.45) is -0.690. The number of carboxylic acid groups (broad SMARTS) is 1. The van der Waals surface area contributed by atoms with Crippen molar-refractivity contribution < 1.29 is 27.8 Å². The fourth-order valence-electron chi connectivity index (χ4n) is 2.39. The van der Waals surface area contributed by atoms with Gasteiger partial charge < -0.3 is 9.84 Å². The number of aromatic carboxylic acids is 1. The lowest BCUT2D eigenvalue weighted by atomic mass is 10.1. The second-order valence-electron chi connectivity index (χ2n) is 5.90. The summed E-state index contributed by atoms with van der Waals surface area (Å²) < 4.78 is 44.1. The highest BCUT2D eigenvalue weighted by Gasteiger charge is 2.39. The summed E-state index contributed by atoms with van der Waals surface area (Å²) in [5.74, 6) is -1.07. The molecule has 0 aliphatic heterocycles. The number of rotatable bonds is 11. The largest absolute Gasteiger partial charge is 0.478 e. The molecule has 0 aliphatic carbocycles. The Morgan fingerprint density at radius 3 is 2.21 bits per heavy atom. The van der Waals surface area contributed by atoms with Crippen LogP contribution in [0.15, 0.2) is 24.3 Å². The molecule has 1 aromatic rings. The van der Waals surface area contributed by atoms with E-state index in [9.17, 15) is 18.0 Å². The summed E-state index contributed by atoms with van der Waals surface area (Å²) in [6.45, 7) is 1.91. The van der Waals surface area contributed by atoms with E-state index in [4.69, 9.17) is 9.84 Å². The summed E-state index contributed by atoms with van der Waals surface area (Å²) in [6, 6.07) is 5.66. The van der Waals surface area contributed by atoms with Crippen LogP contribution in [-0.4, -0.2) is 23.4 Å². The van der Waals surface area contributed by atoms with E-state index in [2.05, 4.69) is 6.92 Å². The van der Waals surface area contributed by atoms with Crippen LogP contribution in [-0.2, 0) is 11.3 Å². The third-order valence-electron chi connectivity index (χ3n) is 3.84. The van der Waals surface area contributed by atoms with E-state index in [0.29, 0.717) is 12.0 Å². The summed E-state index contributed by atoms with van der Waals surface area (Å²) in [4.78, 5) is 10.7. The van der Waals surface area contributed by atoms with Gasteiger partial charge in [0.15, 0.2) is 6.10 Å². The topological polar surface area (TPSA) is 46.5 Å². The molecule has 0 aromatic heterocycles. The highest BCUT2D eigenvalue weighted by molar-refractivity contribution is 5.87. The molecule has 0 bridgehead atoms. The molecule has 1 unspecified atom stereocenters. The molecule has 1 rings (SSSR count). The maximum atomic E-state index is 13.0. The molecule has 0 saturated carbocycles. The van der Waals surface area contributed by atoms with Gasteiger partial charge in [0.05, 0.1) is 12.2 Å². The van der Waals surface area contributed by atoms with Gasteiger partial charge in [0.1, 0.15) is 0 Å². The SMILES string of the molecule is CCCCCCCCC(OCc1ccc(C(=O)O)cc1)C(F)(F)F. The molecule has 24 heavy (non-hydrogen) atoms. The van der Waals surface area contributed by atoms with E-state index in [0.717, 1.165) is 32.1 Å². The van der Waals surface area contributed by atoms with Crippen LogP contribution in [0.1, 0.15) is 67.8 Å². The lowest BCUT2D eigenvalue weighted by Gasteiger charge is -2.21. The van der Waals surface area contributed by atoms with Gasteiger partial charge in [-0.25, -0.2) is 4.79 Å². The van der Waals surface area contributed by atoms with Crippen LogP contribution in [0.5, 0.6) is 0 Å². The van der Waals surface area contributed by atoms with Gasteiger partial charge in [-0.3, -0.25) is 0 Å². The lowest BCUT2D eigenvalue weighted by molar-refractivity contribution is -0.225. The van der Waals surface area contributed by atoms with Crippen LogP contribution >= 0.6 is 0 Å². The monoisotopic (exact) mass is 346 g/mol. The Balaban J connectivity index is 2.44. The van der Waals surface area contributed by atoms with E-state index in [1.165, 1.54) is 24.3 Å². The van der Waals surface area contributed by atoms with E-state index in [1.807, 2.05) is 0 Å². The second-order valence-corrected chi connectivity index (χ2v) is 5.90. The average molecular weight is 346 g/mol. The molecule has 1 atom stereocenters. The molecule has 0 aliphatic rings. The first-order valence-corrected chi connectivity index (χ1v) is 8.35. The van der Waals surface area contributed by atoms with Crippen molar-refractivity contribution in [1.82, 2.24) is 0 Å². The molecule has 6 heteroatoms. The zero-order valence-electron chi connectivity index (χ0n) is 13.9. The second kappa shape index (κ2) is 10.3. The standard InChI is InChI=1S/C18H25F3O3/c1-2-3-4-5-6-7-8-16(18(19,20)21)24-13-14-9-11-15(12-10-14)17(22)23/h9-12,16H,2-8,13H2,1H3,(H,22,23). The van der Waals surface area contributed by atoms with Crippen molar-refractivity contribution in [1.29, 1.82) is 0 Å². The van der Waals surface area contributed by atoms with E-state index in [1.54, 1.807) is 0 Å². The van der Waals surface area contributed by atoms with Crippen molar-refractivity contribution >= 4 is 5.97 Å². The molecule has 0 fully saturated rings. The highest BCUT2D eigenvalue weighted by atomic mass is 19.4. The molecule has 3 nitrogen and oxygen atoms in total. The molecular weight excluding hydrogens is 321 g/mol. The Kier molecular flexibility index (Phi) is 8.82. The van der Waals surface area contributed by atoms with Crippen molar-refractivity contribution in [2.24, 2.45) is 0 Å². The third-order valence-corrected chi connectivity index (χ3v) is 3.84. The molecule has 0 heterocycles. The average Bonchev–Trinajstić information content (AvgIpc) is 2.52. The van der Waals surface area contributed by atoms with Gasteiger partial charge in [-0.05, 0) is 24.1 Å². The fraction of sp³-hybridized carbons (Fsp3) is 0.611. The number of benzene rings is 1. The zero-order chi connectivity index (χ0) is 18.0. The van der Waals surface area contributed by atoms with Crippen LogP contribution in [0.2, 0.25) is 0 Å². The van der Waals surface area contributed by atoms with E-state index in [-0.39, 0.29) is 18.6 Å². The highest BCUT2D eigenvalue weighted by Crippen LogP contribution is 2.28. The predicted octanol–water partition coefficient (Wildman–Crippen LogP) is 5.58. The van der Waals surface area contributed by atoms with Crippen molar-refractivity contribution in [2.45, 2.75) is 70.8 Å². The van der Waals surface area contributed by atoms with Gasteiger partial charge in [0, 0.05) is 0 Å². The number of alkyl halides is 3. The Morgan fingerprint density at radius 1 is 1.08 bits per heavy atom. The predicted molar refractivity (Wildman–Crippen MR) is 86.0 cm³/mol. The number of carboxylic acids is 1. The fourth-order valence-corrected chi connectivity index (χ4v) is 2.39. The number of hydrogen-bond donors (Lipinski definition) is 1. The Labute approximate surface area is 140 Å². The molecule has 136 valence electrons. The van der Waals surface area contributed by atoms with Crippen LogP contribution in [0.4, 0.5) is 13.2 Å². The van der Waals surface area contributed by atoms with Gasteiger partial charge >= 0.3 is 12.1 Å². The first-order valence-electron chi connectivity index (χ1n) is 8.35. The summed E-state index contributed by atoms with van der Waals surface area (Å²) in [5, 5.41) is 8.79. The van der Waals surface area contributed by atoms with Crippen LogP contribution in [0, 0.1) is 0 Å². The molecule has 1 N–H and O–H groups in total. The van der Waals surface area contributed by atoms with Crippen molar-refractivity contribution in [2.75, 3.05) is 0 Å². The Bertz CT molecular complexity index is 483. The van der Waals surface area contributed by atoms with Crippen molar-refractivity contribution in [3.05, 3.63) is 35.4 Å². The summed E-state index contributed by atoms with van der Waals surface area (Å²) in [7, 11) is 0. The normalized spacial score (nSPS) is 13.0. The quantitative estimate of drug-likeness (QED) is 0.532. The van der Waals surface area contributed by atoms with Gasteiger partial charge in [-0.1, -0.05) is 57.6 Å². The molecular formula is C18H25F3O3. The molecule has 0 radical (unpaired) electrons. The van der Waals surface area contributed by atoms with E-state index < -0.39 is 18.2 Å². The maximum Gasteiger partial charge on any atom is 0.414 e. The van der Waals surface area contributed by atoms with Crippen molar-refractivity contribution in [3.8, 4) is 0 Å². The maximum absolute atomic E-state index is 13.0. The first kappa shape index (κ1) is 20.5. The smallest absolute Gasteiger partial charge is 0.414 e. The lowest BCUT2D eigenvalue weighted by Crippen LogP contribution is -2.31. The number of halogens is 3. The number of hydrogen-bond acceptors (Lipinski definition) is 2. The first-order chi connectivity index (χ1) is 11.3. The summed E-state index contributed by atoms with van der Waals surface area (Å²) >= 11 is 0. The summed E-state index contributed by atoms with van der Waals surface area (Å²) in [5.41, 5.74) is 0.621. The Morgan fingerprint density at radius 2 is 1.67 bits per heavy atom. The van der Waals surface area contributed by atoms with Crippen molar-refractivity contribution in [3.63, 3.8) is 0 Å². The minimum Gasteiger partial charge on any atom is -0.478 e. The zero-order valence-corrected chi connectivity index (χ0v) is 13.9. The molecule has 0 saturated heterocycles. The van der Waals surface area contributed by atoms with Crippen LogP contribution < -0.4 is 0 Å². The number of carbonyl (C=O) groups is 1. The molecule has 0 spiro atoms. The molecule has 0 amide bonds.